The molecule has 0 saturated carbocycles. The molecule has 0 spiro atoms. The molecule has 0 aromatic carbocycles. The molecule has 1 fully saturated rings. The van der Waals surface area contributed by atoms with Crippen LogP contribution in [0.2, 0.25) is 0 Å². The Kier molecular flexibility index (Phi) is 4.15. The van der Waals surface area contributed by atoms with Crippen LogP contribution in [0.1, 0.15) is 30.3 Å². The topological polar surface area (TPSA) is 65.5 Å². The lowest BCUT2D eigenvalue weighted by Crippen LogP contribution is -2.41. The van der Waals surface area contributed by atoms with Gasteiger partial charge in [0.25, 0.3) is 0 Å². The summed E-state index contributed by atoms with van der Waals surface area (Å²) < 4.78 is 0. The van der Waals surface area contributed by atoms with E-state index in [0.29, 0.717) is 6.04 Å². The smallest absolute Gasteiger partial charge is 0.354 e. The minimum atomic E-state index is -0.988. The number of nitrogens with one attached hydrogen (secondary N) is 1. The average Bonchev–Trinajstić information content (AvgIpc) is 2.39. The van der Waals surface area contributed by atoms with Gasteiger partial charge in [0.2, 0.25) is 0 Å². The highest BCUT2D eigenvalue weighted by atomic mass is 16.4. The number of carbonyl (C=O) groups is 1. The van der Waals surface area contributed by atoms with Crippen LogP contribution in [-0.4, -0.2) is 46.6 Å². The molecule has 0 radical (unpaired) electrons. The molecule has 18 heavy (non-hydrogen) atoms. The molecule has 1 aliphatic heterocycles. The van der Waals surface area contributed by atoms with Gasteiger partial charge in [-0.3, -0.25) is 0 Å². The van der Waals surface area contributed by atoms with Crippen LogP contribution in [0.15, 0.2) is 18.3 Å². The molecule has 1 aromatic heterocycles. The third-order valence-corrected chi connectivity index (χ3v) is 3.30. The zero-order chi connectivity index (χ0) is 13.0. The first kappa shape index (κ1) is 12.8. The Morgan fingerprint density at radius 1 is 1.67 bits per heavy atom. The zero-order valence-corrected chi connectivity index (χ0v) is 10.6. The number of carboxylic acid groups (broad SMARTS) is 1. The van der Waals surface area contributed by atoms with Crippen molar-refractivity contribution in [3.05, 3.63) is 24.0 Å². The summed E-state index contributed by atoms with van der Waals surface area (Å²) >= 11 is 0. The lowest BCUT2D eigenvalue weighted by atomic mass is 10.1. The van der Waals surface area contributed by atoms with E-state index in [1.54, 1.807) is 6.07 Å². The average molecular weight is 249 g/mol. The molecule has 1 saturated heterocycles. The third kappa shape index (κ3) is 3.20. The van der Waals surface area contributed by atoms with Crippen molar-refractivity contribution in [1.29, 1.82) is 0 Å². The summed E-state index contributed by atoms with van der Waals surface area (Å²) in [6.07, 6.45) is 3.84. The Morgan fingerprint density at radius 3 is 3.22 bits per heavy atom. The molecular formula is C13H19N3O2. The number of likely N-dealkylation sites (N-methyl/N-ethyl adjacent to an activating group) is 1. The van der Waals surface area contributed by atoms with E-state index in [4.69, 9.17) is 5.11 Å². The molecule has 1 atom stereocenters. The largest absolute Gasteiger partial charge is 0.477 e. The number of hydrogen-bond donors (Lipinski definition) is 2. The molecule has 1 unspecified atom stereocenters. The number of aromatic carboxylic acids is 1. The maximum Gasteiger partial charge on any atom is 0.354 e. The summed E-state index contributed by atoms with van der Waals surface area (Å²) in [5.74, 6) is -0.988. The van der Waals surface area contributed by atoms with Gasteiger partial charge in [0.1, 0.15) is 5.69 Å². The number of carboxylic acids is 1. The van der Waals surface area contributed by atoms with Crippen LogP contribution < -0.4 is 5.32 Å². The number of hydrogen-bond acceptors (Lipinski definition) is 4. The number of nitrogens with zero attached hydrogens (tertiary/aromatic N) is 2. The highest BCUT2D eigenvalue weighted by Crippen LogP contribution is 2.16. The Labute approximate surface area is 107 Å². The van der Waals surface area contributed by atoms with E-state index in [-0.39, 0.29) is 5.69 Å². The molecule has 5 heteroatoms. The van der Waals surface area contributed by atoms with Crippen molar-refractivity contribution in [3.63, 3.8) is 0 Å². The Balaban J connectivity index is 2.00. The molecule has 5 nitrogen and oxygen atoms in total. The second kappa shape index (κ2) is 5.82. The SMILES string of the molecule is CCN1CCCC(Nc2ccnc(C(=O)O)c2)C1. The fourth-order valence-electron chi connectivity index (χ4n) is 2.33. The van der Waals surface area contributed by atoms with Crippen molar-refractivity contribution in [3.8, 4) is 0 Å². The first-order chi connectivity index (χ1) is 8.69. The third-order valence-electron chi connectivity index (χ3n) is 3.30. The Bertz CT molecular complexity index is 422. The van der Waals surface area contributed by atoms with Crippen molar-refractivity contribution in [2.24, 2.45) is 0 Å². The quantitative estimate of drug-likeness (QED) is 0.850. The van der Waals surface area contributed by atoms with Crippen molar-refractivity contribution in [1.82, 2.24) is 9.88 Å². The van der Waals surface area contributed by atoms with Gasteiger partial charge < -0.3 is 15.3 Å². The molecule has 0 bridgehead atoms. The summed E-state index contributed by atoms with van der Waals surface area (Å²) in [6, 6.07) is 3.80. The van der Waals surface area contributed by atoms with E-state index >= 15 is 0 Å². The normalized spacial score (nSPS) is 20.6. The Hall–Kier alpha value is -1.62. The summed E-state index contributed by atoms with van der Waals surface area (Å²) in [7, 11) is 0. The fraction of sp³-hybridized carbons (Fsp3) is 0.538. The number of anilines is 1. The summed E-state index contributed by atoms with van der Waals surface area (Å²) in [5, 5.41) is 12.3. The van der Waals surface area contributed by atoms with Gasteiger partial charge in [-0.25, -0.2) is 9.78 Å². The summed E-state index contributed by atoms with van der Waals surface area (Å²) in [5.41, 5.74) is 0.925. The summed E-state index contributed by atoms with van der Waals surface area (Å²) in [6.45, 7) is 5.40. The minimum absolute atomic E-state index is 0.0863. The van der Waals surface area contributed by atoms with Gasteiger partial charge in [-0.1, -0.05) is 6.92 Å². The first-order valence-corrected chi connectivity index (χ1v) is 6.37. The molecular weight excluding hydrogens is 230 g/mol. The van der Waals surface area contributed by atoms with E-state index in [9.17, 15) is 4.79 Å². The van der Waals surface area contributed by atoms with Crippen molar-refractivity contribution in [2.75, 3.05) is 25.0 Å². The highest BCUT2D eigenvalue weighted by Gasteiger charge is 2.18. The van der Waals surface area contributed by atoms with Crippen LogP contribution in [0.3, 0.4) is 0 Å². The van der Waals surface area contributed by atoms with Gasteiger partial charge >= 0.3 is 5.97 Å². The van der Waals surface area contributed by atoms with Crippen LogP contribution in [0.25, 0.3) is 0 Å². The van der Waals surface area contributed by atoms with Crippen LogP contribution in [0.5, 0.6) is 0 Å². The first-order valence-electron chi connectivity index (χ1n) is 6.37. The number of pyridine rings is 1. The minimum Gasteiger partial charge on any atom is -0.477 e. The van der Waals surface area contributed by atoms with Gasteiger partial charge in [0, 0.05) is 24.5 Å². The van der Waals surface area contributed by atoms with E-state index in [1.807, 2.05) is 6.07 Å². The van der Waals surface area contributed by atoms with Crippen molar-refractivity contribution < 1.29 is 9.90 Å². The van der Waals surface area contributed by atoms with Crippen molar-refractivity contribution in [2.45, 2.75) is 25.8 Å². The number of rotatable bonds is 4. The predicted molar refractivity (Wildman–Crippen MR) is 70.0 cm³/mol. The van der Waals surface area contributed by atoms with Gasteiger partial charge in [0.15, 0.2) is 0 Å². The van der Waals surface area contributed by atoms with E-state index in [1.165, 1.54) is 12.6 Å². The maximum absolute atomic E-state index is 10.8. The highest BCUT2D eigenvalue weighted by molar-refractivity contribution is 5.86. The van der Waals surface area contributed by atoms with E-state index in [0.717, 1.165) is 31.7 Å². The van der Waals surface area contributed by atoms with Crippen LogP contribution in [-0.2, 0) is 0 Å². The molecule has 1 aromatic rings. The van der Waals surface area contributed by atoms with E-state index < -0.39 is 5.97 Å². The number of piperidine rings is 1. The second-order valence-corrected chi connectivity index (χ2v) is 4.61. The maximum atomic E-state index is 10.8. The predicted octanol–water partition coefficient (Wildman–Crippen LogP) is 1.68. The lowest BCUT2D eigenvalue weighted by Gasteiger charge is -2.32. The molecule has 2 N–H and O–H groups in total. The molecule has 2 heterocycles. The molecule has 2 rings (SSSR count). The van der Waals surface area contributed by atoms with Crippen molar-refractivity contribution >= 4 is 11.7 Å². The fourth-order valence-corrected chi connectivity index (χ4v) is 2.33. The molecule has 0 aliphatic carbocycles. The van der Waals surface area contributed by atoms with E-state index in [2.05, 4.69) is 22.1 Å². The second-order valence-electron chi connectivity index (χ2n) is 4.61. The van der Waals surface area contributed by atoms with Gasteiger partial charge in [-0.2, -0.15) is 0 Å². The van der Waals surface area contributed by atoms with Crippen LogP contribution in [0, 0.1) is 0 Å². The summed E-state index contributed by atoms with van der Waals surface area (Å²) in [4.78, 5) is 17.1. The Morgan fingerprint density at radius 2 is 2.50 bits per heavy atom. The standard InChI is InChI=1S/C13H19N3O2/c1-2-16-7-3-4-11(9-16)15-10-5-6-14-12(8-10)13(17)18/h5-6,8,11H,2-4,7,9H2,1H3,(H,14,15)(H,17,18). The monoisotopic (exact) mass is 249 g/mol. The van der Waals surface area contributed by atoms with Crippen LogP contribution >= 0.6 is 0 Å². The number of likely N-dealkylation sites (tertiary alicyclic amines) is 1. The van der Waals surface area contributed by atoms with Gasteiger partial charge in [-0.05, 0) is 38.1 Å². The van der Waals surface area contributed by atoms with Crippen LogP contribution in [0.4, 0.5) is 5.69 Å². The molecule has 98 valence electrons. The lowest BCUT2D eigenvalue weighted by molar-refractivity contribution is 0.0690. The molecule has 1 aliphatic rings. The molecule has 0 amide bonds. The zero-order valence-electron chi connectivity index (χ0n) is 10.6. The van der Waals surface area contributed by atoms with Gasteiger partial charge in [-0.15, -0.1) is 0 Å². The number of aromatic nitrogens is 1. The van der Waals surface area contributed by atoms with Gasteiger partial charge in [0.05, 0.1) is 0 Å².